The van der Waals surface area contributed by atoms with Crippen LogP contribution in [0.2, 0.25) is 5.02 Å². The molecule has 0 spiro atoms. The summed E-state index contributed by atoms with van der Waals surface area (Å²) >= 11 is 6.13. The summed E-state index contributed by atoms with van der Waals surface area (Å²) in [6, 6.07) is 14.6. The van der Waals surface area contributed by atoms with E-state index in [-0.39, 0.29) is 29.8 Å². The Morgan fingerprint density at radius 3 is 2.34 bits per heavy atom. The van der Waals surface area contributed by atoms with Crippen molar-refractivity contribution in [3.63, 3.8) is 0 Å². The lowest BCUT2D eigenvalue weighted by molar-refractivity contribution is 0.189. The Morgan fingerprint density at radius 2 is 1.69 bits per heavy atom. The molecule has 1 aliphatic carbocycles. The van der Waals surface area contributed by atoms with E-state index in [9.17, 15) is 9.18 Å². The van der Waals surface area contributed by atoms with Gasteiger partial charge < -0.3 is 4.90 Å². The lowest BCUT2D eigenvalue weighted by atomic mass is 9.85. The van der Waals surface area contributed by atoms with Crippen molar-refractivity contribution >= 4 is 23.3 Å². The van der Waals surface area contributed by atoms with E-state index in [0.29, 0.717) is 5.92 Å². The SMILES string of the molecule is CC(C)CN1C(=O)N(c2ccc(F)cc2)[C@@H]2[C@H](c3ccc(Cl)cc3)CCCC[C@@H]21. The van der Waals surface area contributed by atoms with Crippen LogP contribution in [0.4, 0.5) is 14.9 Å². The molecule has 4 rings (SSSR count). The predicted molar refractivity (Wildman–Crippen MR) is 116 cm³/mol. The molecule has 29 heavy (non-hydrogen) atoms. The highest BCUT2D eigenvalue weighted by atomic mass is 35.5. The van der Waals surface area contributed by atoms with Gasteiger partial charge in [-0.1, -0.05) is 50.4 Å². The summed E-state index contributed by atoms with van der Waals surface area (Å²) < 4.78 is 13.6. The van der Waals surface area contributed by atoms with Gasteiger partial charge in [0.25, 0.3) is 0 Å². The number of carbonyl (C=O) groups excluding carboxylic acids is 1. The minimum atomic E-state index is -0.286. The third kappa shape index (κ3) is 4.00. The van der Waals surface area contributed by atoms with Gasteiger partial charge in [0.1, 0.15) is 5.82 Å². The average Bonchev–Trinajstić information content (AvgIpc) is 2.83. The van der Waals surface area contributed by atoms with Crippen LogP contribution in [0.1, 0.15) is 51.0 Å². The van der Waals surface area contributed by atoms with Crippen molar-refractivity contribution in [1.82, 2.24) is 4.90 Å². The molecule has 1 saturated carbocycles. The lowest BCUT2D eigenvalue weighted by Gasteiger charge is -2.33. The molecule has 2 aliphatic rings. The Morgan fingerprint density at radius 1 is 1.03 bits per heavy atom. The summed E-state index contributed by atoms with van der Waals surface area (Å²) in [6.45, 7) is 5.04. The minimum Gasteiger partial charge on any atom is -0.319 e. The molecule has 1 heterocycles. The van der Waals surface area contributed by atoms with E-state index in [1.807, 2.05) is 17.0 Å². The monoisotopic (exact) mass is 414 g/mol. The molecule has 0 bridgehead atoms. The second-order valence-corrected chi connectivity index (χ2v) is 9.11. The zero-order valence-corrected chi connectivity index (χ0v) is 17.8. The maximum Gasteiger partial charge on any atom is 0.325 e. The maximum absolute atomic E-state index is 13.6. The first-order valence-corrected chi connectivity index (χ1v) is 10.9. The molecule has 3 atom stereocenters. The molecule has 154 valence electrons. The van der Waals surface area contributed by atoms with Crippen LogP contribution in [-0.4, -0.2) is 29.6 Å². The van der Waals surface area contributed by atoms with Gasteiger partial charge in [0.2, 0.25) is 0 Å². The van der Waals surface area contributed by atoms with Crippen LogP contribution in [0.5, 0.6) is 0 Å². The Bertz CT molecular complexity index is 852. The Balaban J connectivity index is 1.79. The summed E-state index contributed by atoms with van der Waals surface area (Å²) in [5.41, 5.74) is 2.00. The van der Waals surface area contributed by atoms with Crippen LogP contribution >= 0.6 is 11.6 Å². The van der Waals surface area contributed by atoms with Crippen LogP contribution in [0, 0.1) is 11.7 Å². The van der Waals surface area contributed by atoms with Crippen molar-refractivity contribution in [2.45, 2.75) is 57.5 Å². The van der Waals surface area contributed by atoms with E-state index in [1.54, 1.807) is 12.1 Å². The van der Waals surface area contributed by atoms with Gasteiger partial charge in [0.05, 0.1) is 12.1 Å². The fourth-order valence-corrected chi connectivity index (χ4v) is 5.12. The number of carbonyl (C=O) groups is 1. The molecule has 0 N–H and O–H groups in total. The van der Waals surface area contributed by atoms with Crippen LogP contribution in [0.25, 0.3) is 0 Å². The van der Waals surface area contributed by atoms with Crippen LogP contribution in [-0.2, 0) is 0 Å². The second-order valence-electron chi connectivity index (χ2n) is 8.68. The average molecular weight is 415 g/mol. The molecule has 0 unspecified atom stereocenters. The van der Waals surface area contributed by atoms with Crippen molar-refractivity contribution in [3.05, 3.63) is 64.9 Å². The molecule has 2 aromatic carbocycles. The lowest BCUT2D eigenvalue weighted by Crippen LogP contribution is -2.41. The standard InChI is InChI=1S/C24H28ClFN2O/c1-16(2)15-27-22-6-4-3-5-21(17-7-9-18(25)10-8-17)23(22)28(24(27)29)20-13-11-19(26)12-14-20/h7-14,16,21-23H,3-6,15H2,1-2H3/t21-,22-,23+/m0/s1. The summed E-state index contributed by atoms with van der Waals surface area (Å²) in [6.07, 6.45) is 4.29. The highest BCUT2D eigenvalue weighted by Crippen LogP contribution is 2.43. The molecule has 0 radical (unpaired) electrons. The number of anilines is 1. The minimum absolute atomic E-state index is 0.0374. The zero-order valence-electron chi connectivity index (χ0n) is 17.0. The van der Waals surface area contributed by atoms with E-state index in [4.69, 9.17) is 11.6 Å². The van der Waals surface area contributed by atoms with Crippen molar-refractivity contribution in [1.29, 1.82) is 0 Å². The highest BCUT2D eigenvalue weighted by Gasteiger charge is 2.50. The number of rotatable bonds is 4. The Labute approximate surface area is 177 Å². The first kappa shape index (κ1) is 20.2. The quantitative estimate of drug-likeness (QED) is 0.562. The Kier molecular flexibility index (Phi) is 5.82. The van der Waals surface area contributed by atoms with Gasteiger partial charge in [0.15, 0.2) is 0 Å². The van der Waals surface area contributed by atoms with Gasteiger partial charge in [-0.3, -0.25) is 4.90 Å². The first-order valence-electron chi connectivity index (χ1n) is 10.6. The molecule has 0 aromatic heterocycles. The molecule has 5 heteroatoms. The van der Waals surface area contributed by atoms with E-state index in [0.717, 1.165) is 42.9 Å². The van der Waals surface area contributed by atoms with Crippen LogP contribution < -0.4 is 4.90 Å². The number of urea groups is 1. The third-order valence-corrected chi connectivity index (χ3v) is 6.44. The van der Waals surface area contributed by atoms with Crippen molar-refractivity contribution < 1.29 is 9.18 Å². The molecular formula is C24H28ClFN2O. The number of hydrogen-bond acceptors (Lipinski definition) is 1. The molecule has 2 amide bonds. The van der Waals surface area contributed by atoms with E-state index >= 15 is 0 Å². The van der Waals surface area contributed by atoms with Crippen molar-refractivity contribution in [3.8, 4) is 0 Å². The van der Waals surface area contributed by atoms with Gasteiger partial charge >= 0.3 is 6.03 Å². The third-order valence-electron chi connectivity index (χ3n) is 6.19. The summed E-state index contributed by atoms with van der Waals surface area (Å²) in [4.78, 5) is 17.6. The zero-order chi connectivity index (χ0) is 20.5. The molecule has 1 aliphatic heterocycles. The number of benzene rings is 2. The Hall–Kier alpha value is -2.07. The van der Waals surface area contributed by atoms with E-state index in [2.05, 4.69) is 30.9 Å². The topological polar surface area (TPSA) is 23.6 Å². The van der Waals surface area contributed by atoms with Crippen LogP contribution in [0.3, 0.4) is 0 Å². The van der Waals surface area contributed by atoms with Gasteiger partial charge in [-0.25, -0.2) is 9.18 Å². The first-order chi connectivity index (χ1) is 14.0. The van der Waals surface area contributed by atoms with Gasteiger partial charge in [-0.15, -0.1) is 0 Å². The fourth-order valence-electron chi connectivity index (χ4n) is 4.99. The molecule has 2 aromatic rings. The van der Waals surface area contributed by atoms with Crippen LogP contribution in [0.15, 0.2) is 48.5 Å². The number of fused-ring (bicyclic) bond motifs is 1. The van der Waals surface area contributed by atoms with E-state index in [1.165, 1.54) is 17.7 Å². The second kappa shape index (κ2) is 8.35. The number of halogens is 2. The molecular weight excluding hydrogens is 387 g/mol. The van der Waals surface area contributed by atoms with Gasteiger partial charge in [-0.05, 0) is 60.7 Å². The number of hydrogen-bond donors (Lipinski definition) is 0. The summed E-state index contributed by atoms with van der Waals surface area (Å²) in [7, 11) is 0. The normalized spacial score (nSPS) is 24.7. The predicted octanol–water partition coefficient (Wildman–Crippen LogP) is 6.47. The highest BCUT2D eigenvalue weighted by molar-refractivity contribution is 6.30. The summed E-state index contributed by atoms with van der Waals surface area (Å²) in [5.74, 6) is 0.335. The molecule has 2 fully saturated rings. The van der Waals surface area contributed by atoms with Gasteiger partial charge in [0, 0.05) is 23.2 Å². The summed E-state index contributed by atoms with van der Waals surface area (Å²) in [5, 5.41) is 0.721. The molecule has 1 saturated heterocycles. The molecule has 3 nitrogen and oxygen atoms in total. The van der Waals surface area contributed by atoms with Crippen molar-refractivity contribution in [2.24, 2.45) is 5.92 Å². The number of nitrogens with zero attached hydrogens (tertiary/aromatic N) is 2. The maximum atomic E-state index is 13.6. The smallest absolute Gasteiger partial charge is 0.319 e. The fraction of sp³-hybridized carbons (Fsp3) is 0.458. The number of amides is 2. The van der Waals surface area contributed by atoms with Gasteiger partial charge in [-0.2, -0.15) is 0 Å². The largest absolute Gasteiger partial charge is 0.325 e. The van der Waals surface area contributed by atoms with Crippen molar-refractivity contribution in [2.75, 3.05) is 11.4 Å². The van der Waals surface area contributed by atoms with E-state index < -0.39 is 0 Å².